The summed E-state index contributed by atoms with van der Waals surface area (Å²) in [7, 11) is 0. The molecule has 2 heterocycles. The number of rotatable bonds is 5. The Morgan fingerprint density at radius 3 is 2.67 bits per heavy atom. The van der Waals surface area contributed by atoms with E-state index in [-0.39, 0.29) is 17.4 Å². The molecule has 1 aliphatic rings. The molecule has 1 N–H and O–H groups in total. The maximum Gasteiger partial charge on any atom is 0.271 e. The average molecular weight is 330 g/mol. The molecule has 1 aromatic carbocycles. The van der Waals surface area contributed by atoms with Gasteiger partial charge in [0.15, 0.2) is 11.5 Å². The van der Waals surface area contributed by atoms with Gasteiger partial charge < -0.3 is 15.0 Å². The molecule has 0 atom stereocenters. The zero-order valence-corrected chi connectivity index (χ0v) is 13.2. The minimum Gasteiger partial charge on any atom is -0.378 e. The summed E-state index contributed by atoms with van der Waals surface area (Å²) in [5.74, 6) is 0.162. The lowest BCUT2D eigenvalue weighted by molar-refractivity contribution is 0.0948. The van der Waals surface area contributed by atoms with Crippen molar-refractivity contribution in [3.05, 3.63) is 53.5 Å². The van der Waals surface area contributed by atoms with E-state index < -0.39 is 0 Å². The van der Waals surface area contributed by atoms with Crippen LogP contribution < -0.4 is 10.2 Å². The number of amides is 1. The van der Waals surface area contributed by atoms with Gasteiger partial charge in [-0.1, -0.05) is 18.2 Å². The molecule has 1 saturated heterocycles. The lowest BCUT2D eigenvalue weighted by atomic mass is 10.1. The third-order valence-electron chi connectivity index (χ3n) is 3.86. The number of carbonyl (C=O) groups is 1. The Bertz CT molecular complexity index is 687. The van der Waals surface area contributed by atoms with Gasteiger partial charge in [0.2, 0.25) is 0 Å². The second-order valence-electron chi connectivity index (χ2n) is 5.47. The molecule has 1 aliphatic heterocycles. The van der Waals surface area contributed by atoms with Gasteiger partial charge in [-0.2, -0.15) is 0 Å². The first kappa shape index (κ1) is 16.3. The number of hydrogen-bond acceptors (Lipinski definition) is 5. The van der Waals surface area contributed by atoms with Crippen molar-refractivity contribution in [2.45, 2.75) is 6.42 Å². The van der Waals surface area contributed by atoms with Gasteiger partial charge in [0.1, 0.15) is 5.82 Å². The van der Waals surface area contributed by atoms with E-state index >= 15 is 0 Å². The van der Waals surface area contributed by atoms with E-state index in [1.807, 2.05) is 0 Å². The van der Waals surface area contributed by atoms with Gasteiger partial charge in [-0.05, 0) is 30.2 Å². The van der Waals surface area contributed by atoms with Crippen molar-refractivity contribution in [3.8, 4) is 0 Å². The van der Waals surface area contributed by atoms with Crippen LogP contribution >= 0.6 is 0 Å². The summed E-state index contributed by atoms with van der Waals surface area (Å²) in [6.07, 6.45) is 0.428. The molecule has 0 radical (unpaired) electrons. The summed E-state index contributed by atoms with van der Waals surface area (Å²) in [5, 5.41) is 10.8. The number of anilines is 1. The van der Waals surface area contributed by atoms with Gasteiger partial charge in [0, 0.05) is 19.6 Å². The monoisotopic (exact) mass is 330 g/mol. The second kappa shape index (κ2) is 7.83. The van der Waals surface area contributed by atoms with Crippen molar-refractivity contribution < 1.29 is 13.9 Å². The number of nitrogens with zero attached hydrogens (tertiary/aromatic N) is 3. The molecular formula is C17H19FN4O2. The number of benzene rings is 1. The van der Waals surface area contributed by atoms with Crippen LogP contribution in [0.4, 0.5) is 10.2 Å². The van der Waals surface area contributed by atoms with E-state index in [9.17, 15) is 9.18 Å². The maximum absolute atomic E-state index is 13.5. The highest BCUT2D eigenvalue weighted by molar-refractivity contribution is 5.92. The van der Waals surface area contributed by atoms with Gasteiger partial charge in [-0.3, -0.25) is 4.79 Å². The fourth-order valence-corrected chi connectivity index (χ4v) is 2.51. The molecule has 126 valence electrons. The minimum absolute atomic E-state index is 0.251. The average Bonchev–Trinajstić information content (AvgIpc) is 2.64. The predicted molar refractivity (Wildman–Crippen MR) is 87.5 cm³/mol. The smallest absolute Gasteiger partial charge is 0.271 e. The van der Waals surface area contributed by atoms with Crippen LogP contribution in [0.3, 0.4) is 0 Å². The Hall–Kier alpha value is -2.54. The molecule has 24 heavy (non-hydrogen) atoms. The molecule has 2 aromatic rings. The van der Waals surface area contributed by atoms with Gasteiger partial charge in [-0.15, -0.1) is 10.2 Å². The SMILES string of the molecule is O=C(NCCc1ccccc1F)c1ccc(N2CCOCC2)nn1. The lowest BCUT2D eigenvalue weighted by Crippen LogP contribution is -2.37. The van der Waals surface area contributed by atoms with Crippen molar-refractivity contribution in [1.82, 2.24) is 15.5 Å². The summed E-state index contributed by atoms with van der Waals surface area (Å²) in [4.78, 5) is 14.1. The Morgan fingerprint density at radius 1 is 1.17 bits per heavy atom. The Morgan fingerprint density at radius 2 is 1.96 bits per heavy atom. The molecule has 1 amide bonds. The highest BCUT2D eigenvalue weighted by Crippen LogP contribution is 2.11. The van der Waals surface area contributed by atoms with Crippen LogP contribution in [-0.2, 0) is 11.2 Å². The fourth-order valence-electron chi connectivity index (χ4n) is 2.51. The molecule has 0 saturated carbocycles. The first-order valence-corrected chi connectivity index (χ1v) is 7.92. The zero-order chi connectivity index (χ0) is 16.8. The summed E-state index contributed by atoms with van der Waals surface area (Å²) in [5.41, 5.74) is 0.826. The molecule has 0 aliphatic carbocycles. The molecule has 7 heteroatoms. The highest BCUT2D eigenvalue weighted by Gasteiger charge is 2.14. The van der Waals surface area contributed by atoms with Crippen molar-refractivity contribution in [3.63, 3.8) is 0 Å². The first-order valence-electron chi connectivity index (χ1n) is 7.92. The van der Waals surface area contributed by atoms with Crippen LogP contribution in [0.1, 0.15) is 16.1 Å². The first-order chi connectivity index (χ1) is 11.7. The second-order valence-corrected chi connectivity index (χ2v) is 5.47. The third-order valence-corrected chi connectivity index (χ3v) is 3.86. The lowest BCUT2D eigenvalue weighted by Gasteiger charge is -2.27. The molecule has 1 aromatic heterocycles. The number of nitrogens with one attached hydrogen (secondary N) is 1. The van der Waals surface area contributed by atoms with Gasteiger partial charge in [-0.25, -0.2) is 4.39 Å². The number of morpholine rings is 1. The number of carbonyl (C=O) groups excluding carboxylic acids is 1. The van der Waals surface area contributed by atoms with Gasteiger partial charge in [0.25, 0.3) is 5.91 Å². The Labute approximate surface area is 139 Å². The topological polar surface area (TPSA) is 67.4 Å². The van der Waals surface area contributed by atoms with Gasteiger partial charge >= 0.3 is 0 Å². The molecular weight excluding hydrogens is 311 g/mol. The van der Waals surface area contributed by atoms with E-state index in [1.165, 1.54) is 6.07 Å². The largest absolute Gasteiger partial charge is 0.378 e. The van der Waals surface area contributed by atoms with Crippen molar-refractivity contribution in [2.24, 2.45) is 0 Å². The van der Waals surface area contributed by atoms with E-state index in [2.05, 4.69) is 20.4 Å². The molecule has 3 rings (SSSR count). The van der Waals surface area contributed by atoms with Gasteiger partial charge in [0.05, 0.1) is 13.2 Å². The van der Waals surface area contributed by atoms with Crippen LogP contribution in [0.2, 0.25) is 0 Å². The summed E-state index contributed by atoms with van der Waals surface area (Å²) in [6.45, 7) is 3.21. The molecule has 0 spiro atoms. The van der Waals surface area contributed by atoms with Crippen LogP contribution in [0.25, 0.3) is 0 Å². The van der Waals surface area contributed by atoms with Crippen LogP contribution in [0, 0.1) is 5.82 Å². The standard InChI is InChI=1S/C17H19FN4O2/c18-14-4-2-1-3-13(14)7-8-19-17(23)15-5-6-16(21-20-15)22-9-11-24-12-10-22/h1-6H,7-12H2,(H,19,23). The number of halogens is 1. The fraction of sp³-hybridized carbons (Fsp3) is 0.353. The molecule has 0 unspecified atom stereocenters. The normalized spacial score (nSPS) is 14.5. The number of aromatic nitrogens is 2. The number of hydrogen-bond donors (Lipinski definition) is 1. The quantitative estimate of drug-likeness (QED) is 0.898. The Kier molecular flexibility index (Phi) is 5.32. The predicted octanol–water partition coefficient (Wildman–Crippen LogP) is 1.42. The zero-order valence-electron chi connectivity index (χ0n) is 13.2. The summed E-state index contributed by atoms with van der Waals surface area (Å²) >= 11 is 0. The van der Waals surface area contributed by atoms with E-state index in [0.717, 1.165) is 18.9 Å². The van der Waals surface area contributed by atoms with Crippen LogP contribution in [-0.4, -0.2) is 49.0 Å². The number of ether oxygens (including phenoxy) is 1. The highest BCUT2D eigenvalue weighted by atomic mass is 19.1. The molecule has 0 bridgehead atoms. The van der Waals surface area contributed by atoms with Crippen molar-refractivity contribution in [2.75, 3.05) is 37.7 Å². The third kappa shape index (κ3) is 4.05. The summed E-state index contributed by atoms with van der Waals surface area (Å²) < 4.78 is 18.8. The van der Waals surface area contributed by atoms with Crippen molar-refractivity contribution >= 4 is 11.7 Å². The molecule has 1 fully saturated rings. The van der Waals surface area contributed by atoms with E-state index in [0.29, 0.717) is 31.7 Å². The maximum atomic E-state index is 13.5. The molecule has 6 nitrogen and oxygen atoms in total. The van der Waals surface area contributed by atoms with Crippen molar-refractivity contribution in [1.29, 1.82) is 0 Å². The Balaban J connectivity index is 1.52. The summed E-state index contributed by atoms with van der Waals surface area (Å²) in [6, 6.07) is 9.96. The minimum atomic E-state index is -0.313. The van der Waals surface area contributed by atoms with Crippen LogP contribution in [0.15, 0.2) is 36.4 Å². The van der Waals surface area contributed by atoms with E-state index in [1.54, 1.807) is 30.3 Å². The van der Waals surface area contributed by atoms with E-state index in [4.69, 9.17) is 4.74 Å². The van der Waals surface area contributed by atoms with Crippen LogP contribution in [0.5, 0.6) is 0 Å².